The highest BCUT2D eigenvalue weighted by Crippen LogP contribution is 2.36. The molecule has 1 aromatic carbocycles. The minimum absolute atomic E-state index is 0.835. The lowest BCUT2D eigenvalue weighted by molar-refractivity contribution is 1.35. The van der Waals surface area contributed by atoms with E-state index in [1.54, 1.807) is 11.3 Å². The molecule has 2 nitrogen and oxygen atoms in total. The normalized spacial score (nSPS) is 14.2. The first-order valence-corrected chi connectivity index (χ1v) is 5.10. The van der Waals surface area contributed by atoms with E-state index in [-0.39, 0.29) is 0 Å². The molecule has 0 unspecified atom stereocenters. The van der Waals surface area contributed by atoms with Crippen LogP contribution in [0, 0.1) is 0 Å². The van der Waals surface area contributed by atoms with E-state index in [2.05, 4.69) is 33.9 Å². The molecule has 0 atom stereocenters. The van der Waals surface area contributed by atoms with E-state index < -0.39 is 0 Å². The topological polar surface area (TPSA) is 24.4 Å². The van der Waals surface area contributed by atoms with Gasteiger partial charge in [-0.3, -0.25) is 4.99 Å². The highest BCUT2D eigenvalue weighted by Gasteiger charge is 2.08. The van der Waals surface area contributed by atoms with Crippen LogP contribution in [0.3, 0.4) is 0 Å². The largest absolute Gasteiger partial charge is 0.378 e. The van der Waals surface area contributed by atoms with E-state index >= 15 is 0 Å². The van der Waals surface area contributed by atoms with Crippen molar-refractivity contribution in [2.24, 2.45) is 4.99 Å². The molecule has 64 valence electrons. The number of nitrogens with zero attached hydrogens (tertiary/aromatic N) is 1. The summed E-state index contributed by atoms with van der Waals surface area (Å²) in [5, 5.41) is 6.76. The van der Waals surface area contributed by atoms with Gasteiger partial charge in [-0.25, -0.2) is 0 Å². The number of hydrogen-bond donors (Lipinski definition) is 1. The van der Waals surface area contributed by atoms with Crippen LogP contribution < -0.4 is 5.32 Å². The van der Waals surface area contributed by atoms with Crippen molar-refractivity contribution in [3.63, 3.8) is 0 Å². The van der Waals surface area contributed by atoms with Crippen LogP contribution in [-0.2, 0) is 0 Å². The highest BCUT2D eigenvalue weighted by atomic mass is 32.1. The number of nitrogens with one attached hydrogen (secondary N) is 1. The summed E-state index contributed by atoms with van der Waals surface area (Å²) in [4.78, 5) is 4.34. The predicted molar refractivity (Wildman–Crippen MR) is 58.5 cm³/mol. The number of anilines is 1. The molecule has 3 rings (SSSR count). The summed E-state index contributed by atoms with van der Waals surface area (Å²) in [7, 11) is 0. The third-order valence-electron chi connectivity index (χ3n) is 2.21. The molecule has 13 heavy (non-hydrogen) atoms. The summed E-state index contributed by atoms with van der Waals surface area (Å²) in [6.45, 7) is 0.835. The Labute approximate surface area is 79.9 Å². The number of aliphatic imine (C=N–C) groups is 1. The molecule has 2 aromatic rings. The van der Waals surface area contributed by atoms with Crippen LogP contribution in [-0.4, -0.2) is 12.8 Å². The standard InChI is InChI=1S/C10H8N2S/c1-2-9-7(3-6-13-9)10-8(1)11-4-5-12-10/h1-4,6,12H,5H2. The zero-order valence-electron chi connectivity index (χ0n) is 6.95. The summed E-state index contributed by atoms with van der Waals surface area (Å²) in [5.41, 5.74) is 2.23. The van der Waals surface area contributed by atoms with Crippen molar-refractivity contribution in [1.82, 2.24) is 0 Å². The molecule has 0 spiro atoms. The molecule has 1 aliphatic rings. The van der Waals surface area contributed by atoms with E-state index in [1.807, 2.05) is 6.21 Å². The Bertz CT molecular complexity index is 485. The van der Waals surface area contributed by atoms with Gasteiger partial charge in [-0.1, -0.05) is 0 Å². The van der Waals surface area contributed by atoms with Gasteiger partial charge in [0.2, 0.25) is 0 Å². The Balaban J connectivity index is 2.42. The molecule has 0 fully saturated rings. The first kappa shape index (κ1) is 7.09. The van der Waals surface area contributed by atoms with E-state index in [9.17, 15) is 0 Å². The van der Waals surface area contributed by atoms with Crippen LogP contribution in [0.5, 0.6) is 0 Å². The second-order valence-electron chi connectivity index (χ2n) is 2.98. The van der Waals surface area contributed by atoms with Crippen LogP contribution in [0.25, 0.3) is 10.1 Å². The second-order valence-corrected chi connectivity index (χ2v) is 3.93. The number of fused-ring (bicyclic) bond motifs is 3. The van der Waals surface area contributed by atoms with Crippen LogP contribution in [0.1, 0.15) is 0 Å². The Hall–Kier alpha value is -1.35. The van der Waals surface area contributed by atoms with Gasteiger partial charge in [0.15, 0.2) is 0 Å². The molecule has 3 heteroatoms. The van der Waals surface area contributed by atoms with Crippen molar-refractivity contribution in [2.45, 2.75) is 0 Å². The Morgan fingerprint density at radius 3 is 3.31 bits per heavy atom. The first-order valence-electron chi connectivity index (χ1n) is 4.22. The fraction of sp³-hybridized carbons (Fsp3) is 0.100. The smallest absolute Gasteiger partial charge is 0.0865 e. The molecular weight excluding hydrogens is 180 g/mol. The summed E-state index contributed by atoms with van der Waals surface area (Å²) in [5.74, 6) is 0. The third kappa shape index (κ3) is 0.971. The van der Waals surface area contributed by atoms with Gasteiger partial charge in [0, 0.05) is 16.3 Å². The van der Waals surface area contributed by atoms with Crippen LogP contribution in [0.15, 0.2) is 28.6 Å². The molecule has 2 heterocycles. The van der Waals surface area contributed by atoms with Crippen molar-refractivity contribution in [1.29, 1.82) is 0 Å². The number of thiophene rings is 1. The number of hydrogen-bond acceptors (Lipinski definition) is 3. The molecule has 0 amide bonds. The van der Waals surface area contributed by atoms with E-state index in [4.69, 9.17) is 0 Å². The Morgan fingerprint density at radius 1 is 1.31 bits per heavy atom. The van der Waals surface area contributed by atoms with Crippen molar-refractivity contribution in [3.8, 4) is 0 Å². The third-order valence-corrected chi connectivity index (χ3v) is 3.10. The zero-order chi connectivity index (χ0) is 8.67. The minimum atomic E-state index is 0.835. The lowest BCUT2D eigenvalue weighted by Crippen LogP contribution is -2.06. The maximum absolute atomic E-state index is 4.34. The van der Waals surface area contributed by atoms with Crippen molar-refractivity contribution >= 4 is 39.0 Å². The van der Waals surface area contributed by atoms with Gasteiger partial charge in [-0.15, -0.1) is 11.3 Å². The molecular formula is C10H8N2S. The minimum Gasteiger partial charge on any atom is -0.378 e. The van der Waals surface area contributed by atoms with E-state index in [0.29, 0.717) is 0 Å². The number of benzene rings is 1. The molecule has 1 aliphatic heterocycles. The average Bonchev–Trinajstić information content (AvgIpc) is 2.65. The fourth-order valence-corrected chi connectivity index (χ4v) is 2.41. The van der Waals surface area contributed by atoms with Gasteiger partial charge in [-0.2, -0.15) is 0 Å². The van der Waals surface area contributed by atoms with E-state index in [0.717, 1.165) is 12.2 Å². The lowest BCUT2D eigenvalue weighted by Gasteiger charge is -2.12. The van der Waals surface area contributed by atoms with Crippen molar-refractivity contribution in [2.75, 3.05) is 11.9 Å². The molecule has 0 bridgehead atoms. The monoisotopic (exact) mass is 188 g/mol. The zero-order valence-corrected chi connectivity index (χ0v) is 7.77. The Kier molecular flexibility index (Phi) is 1.40. The highest BCUT2D eigenvalue weighted by molar-refractivity contribution is 7.17. The van der Waals surface area contributed by atoms with Crippen LogP contribution >= 0.6 is 11.3 Å². The Morgan fingerprint density at radius 2 is 2.31 bits per heavy atom. The van der Waals surface area contributed by atoms with Gasteiger partial charge < -0.3 is 5.32 Å². The van der Waals surface area contributed by atoms with Gasteiger partial charge in [0.25, 0.3) is 0 Å². The molecule has 1 aromatic heterocycles. The summed E-state index contributed by atoms with van der Waals surface area (Å²) in [6.07, 6.45) is 1.90. The average molecular weight is 188 g/mol. The van der Waals surface area contributed by atoms with Gasteiger partial charge in [0.05, 0.1) is 17.9 Å². The molecule has 1 N–H and O–H groups in total. The van der Waals surface area contributed by atoms with Gasteiger partial charge in [0.1, 0.15) is 0 Å². The fourth-order valence-electron chi connectivity index (χ4n) is 1.62. The predicted octanol–water partition coefficient (Wildman–Crippen LogP) is 3.03. The SMILES string of the molecule is C1=Nc2ccc3sccc3c2NC1. The summed E-state index contributed by atoms with van der Waals surface area (Å²) >= 11 is 1.77. The van der Waals surface area contributed by atoms with Crippen LogP contribution in [0.2, 0.25) is 0 Å². The number of rotatable bonds is 0. The van der Waals surface area contributed by atoms with Crippen molar-refractivity contribution < 1.29 is 0 Å². The first-order chi connectivity index (χ1) is 6.45. The quantitative estimate of drug-likeness (QED) is 0.675. The van der Waals surface area contributed by atoms with E-state index in [1.165, 1.54) is 15.8 Å². The van der Waals surface area contributed by atoms with Crippen LogP contribution in [0.4, 0.5) is 11.4 Å². The maximum atomic E-state index is 4.34. The summed E-state index contributed by atoms with van der Waals surface area (Å²) < 4.78 is 1.32. The molecule has 0 radical (unpaired) electrons. The second kappa shape index (κ2) is 2.57. The maximum Gasteiger partial charge on any atom is 0.0865 e. The van der Waals surface area contributed by atoms with Gasteiger partial charge in [-0.05, 0) is 23.6 Å². The molecule has 0 saturated carbocycles. The van der Waals surface area contributed by atoms with Crippen molar-refractivity contribution in [3.05, 3.63) is 23.6 Å². The lowest BCUT2D eigenvalue weighted by atomic mass is 10.2. The molecule has 0 saturated heterocycles. The summed E-state index contributed by atoms with van der Waals surface area (Å²) in [6, 6.07) is 6.34. The molecule has 0 aliphatic carbocycles. The van der Waals surface area contributed by atoms with Gasteiger partial charge >= 0.3 is 0 Å².